The summed E-state index contributed by atoms with van der Waals surface area (Å²) in [6.45, 7) is 0. The van der Waals surface area contributed by atoms with E-state index in [9.17, 15) is 9.59 Å². The Labute approximate surface area is 165 Å². The molecule has 2 aromatic carbocycles. The number of aromatic nitrogens is 1. The number of benzene rings is 2. The van der Waals surface area contributed by atoms with E-state index in [4.69, 9.17) is 34.8 Å². The molecule has 0 amide bonds. The number of hydrogen-bond donors (Lipinski definition) is 2. The summed E-state index contributed by atoms with van der Waals surface area (Å²) in [4.78, 5) is 28.6. The van der Waals surface area contributed by atoms with Crippen LogP contribution in [0.4, 0.5) is 11.4 Å². The Hall–Kier alpha value is -2.05. The van der Waals surface area contributed by atoms with Crippen molar-refractivity contribution in [2.24, 2.45) is 0 Å². The monoisotopic (exact) mass is 422 g/mol. The van der Waals surface area contributed by atoms with E-state index in [0.29, 0.717) is 21.2 Å². The molecule has 2 aliphatic rings. The van der Waals surface area contributed by atoms with Crippen molar-refractivity contribution >= 4 is 67.7 Å². The first-order valence-electron chi connectivity index (χ1n) is 7.44. The lowest BCUT2D eigenvalue weighted by Crippen LogP contribution is -2.19. The largest absolute Gasteiger partial charge is 0.351 e. The number of aromatic amines is 1. The smallest absolute Gasteiger partial charge is 0.224 e. The Morgan fingerprint density at radius 2 is 1.58 bits per heavy atom. The van der Waals surface area contributed by atoms with Crippen LogP contribution in [-0.4, -0.2) is 4.98 Å². The van der Waals surface area contributed by atoms with Gasteiger partial charge in [-0.15, -0.1) is 11.3 Å². The zero-order valence-electron chi connectivity index (χ0n) is 12.9. The summed E-state index contributed by atoms with van der Waals surface area (Å²) >= 11 is 19.3. The molecule has 26 heavy (non-hydrogen) atoms. The Morgan fingerprint density at radius 1 is 0.885 bits per heavy atom. The van der Waals surface area contributed by atoms with Gasteiger partial charge in [0.05, 0.1) is 10.2 Å². The summed E-state index contributed by atoms with van der Waals surface area (Å²) in [6, 6.07) is 11.9. The lowest BCUT2D eigenvalue weighted by Gasteiger charge is -2.08. The molecule has 1 heterocycles. The predicted molar refractivity (Wildman–Crippen MR) is 109 cm³/mol. The number of fused-ring (bicyclic) bond motifs is 1. The summed E-state index contributed by atoms with van der Waals surface area (Å²) in [7, 11) is 0. The minimum atomic E-state index is -0.439. The zero-order valence-corrected chi connectivity index (χ0v) is 16.0. The van der Waals surface area contributed by atoms with Crippen molar-refractivity contribution in [3.8, 4) is 0 Å². The molecule has 0 saturated carbocycles. The molecule has 0 spiro atoms. The molecule has 1 aliphatic heterocycles. The topological polar surface area (TPSA) is 62.0 Å². The second-order valence-electron chi connectivity index (χ2n) is 5.55. The van der Waals surface area contributed by atoms with Crippen LogP contribution < -0.4 is 16.2 Å². The minimum Gasteiger partial charge on any atom is -0.351 e. The highest BCUT2D eigenvalue weighted by atomic mass is 35.5. The average molecular weight is 424 g/mol. The molecule has 0 fully saturated rings. The van der Waals surface area contributed by atoms with Crippen LogP contribution in [0.25, 0.3) is 10.2 Å². The summed E-state index contributed by atoms with van der Waals surface area (Å²) in [5, 5.41) is 4.06. The lowest BCUT2D eigenvalue weighted by atomic mass is 10.2. The fraction of sp³-hybridized carbons (Fsp3) is 0. The maximum atomic E-state index is 12.9. The zero-order chi connectivity index (χ0) is 18.4. The standard InChI is InChI=1S/C18H9Cl3N2O2S/c19-8-1-4-10(5-2-8)22-14-13(21)16(24)15-18(17(14)25)26-12-7-9(20)3-6-11(12)23-15/h1-7,22-23H. The van der Waals surface area contributed by atoms with E-state index >= 15 is 0 Å². The van der Waals surface area contributed by atoms with Gasteiger partial charge < -0.3 is 10.3 Å². The lowest BCUT2D eigenvalue weighted by molar-refractivity contribution is 1.25. The van der Waals surface area contributed by atoms with E-state index in [1.807, 2.05) is 0 Å². The van der Waals surface area contributed by atoms with E-state index in [1.54, 1.807) is 42.5 Å². The van der Waals surface area contributed by atoms with Gasteiger partial charge in [-0.3, -0.25) is 9.59 Å². The van der Waals surface area contributed by atoms with Crippen molar-refractivity contribution < 1.29 is 0 Å². The molecule has 0 aromatic heterocycles. The van der Waals surface area contributed by atoms with Gasteiger partial charge >= 0.3 is 0 Å². The molecule has 0 bridgehead atoms. The van der Waals surface area contributed by atoms with Crippen LogP contribution in [-0.2, 0) is 0 Å². The average Bonchev–Trinajstić information content (AvgIpc) is 2.64. The molecular weight excluding hydrogens is 415 g/mol. The van der Waals surface area contributed by atoms with Crippen LogP contribution in [0.5, 0.6) is 0 Å². The first-order valence-corrected chi connectivity index (χ1v) is 9.39. The SMILES string of the molecule is O=c1c(Cl)c(Nc2ccc(Cl)cc2)c(=O)c2sc3cc(Cl)ccc3[nH]c1=2. The molecule has 0 atom stereocenters. The highest BCUT2D eigenvalue weighted by molar-refractivity contribution is 7.16. The van der Waals surface area contributed by atoms with Gasteiger partial charge in [0.1, 0.15) is 20.6 Å². The Kier molecular flexibility index (Phi) is 4.40. The van der Waals surface area contributed by atoms with Crippen molar-refractivity contribution in [1.82, 2.24) is 4.98 Å². The highest BCUT2D eigenvalue weighted by Gasteiger charge is 2.15. The molecule has 0 saturated heterocycles. The number of H-pyrrole nitrogens is 1. The molecule has 4 nitrogen and oxygen atoms in total. The fourth-order valence-corrected chi connectivity index (χ4v) is 4.25. The summed E-state index contributed by atoms with van der Waals surface area (Å²) < 4.78 is 1.05. The molecule has 4 rings (SSSR count). The van der Waals surface area contributed by atoms with E-state index in [1.165, 1.54) is 11.3 Å². The maximum absolute atomic E-state index is 12.9. The molecular formula is C18H9Cl3N2O2S. The van der Waals surface area contributed by atoms with Gasteiger partial charge in [0, 0.05) is 15.7 Å². The van der Waals surface area contributed by atoms with Crippen molar-refractivity contribution in [2.45, 2.75) is 0 Å². The second-order valence-corrected chi connectivity index (χ2v) is 7.85. The van der Waals surface area contributed by atoms with Gasteiger partial charge in [-0.25, -0.2) is 0 Å². The fourth-order valence-electron chi connectivity index (χ4n) is 2.58. The van der Waals surface area contributed by atoms with E-state index < -0.39 is 5.43 Å². The van der Waals surface area contributed by atoms with Gasteiger partial charge in [0.2, 0.25) is 10.9 Å². The maximum Gasteiger partial charge on any atom is 0.224 e. The molecule has 2 aromatic rings. The van der Waals surface area contributed by atoms with Crippen molar-refractivity contribution in [3.63, 3.8) is 0 Å². The summed E-state index contributed by atoms with van der Waals surface area (Å²) in [5.74, 6) is 0. The van der Waals surface area contributed by atoms with Crippen molar-refractivity contribution in [1.29, 1.82) is 0 Å². The van der Waals surface area contributed by atoms with E-state index in [-0.39, 0.29) is 26.0 Å². The number of anilines is 2. The first-order chi connectivity index (χ1) is 12.4. The number of hydrogen-bond acceptors (Lipinski definition) is 4. The van der Waals surface area contributed by atoms with Gasteiger partial charge in [-0.1, -0.05) is 34.8 Å². The van der Waals surface area contributed by atoms with E-state index in [0.717, 1.165) is 4.70 Å². The molecule has 0 unspecified atom stereocenters. The molecule has 1 aliphatic carbocycles. The Balaban J connectivity index is 2.02. The van der Waals surface area contributed by atoms with Crippen LogP contribution in [0.15, 0.2) is 52.1 Å². The molecule has 0 radical (unpaired) electrons. The molecule has 8 heteroatoms. The van der Waals surface area contributed by atoms with Gasteiger partial charge in [0.25, 0.3) is 0 Å². The molecule has 2 N–H and O–H groups in total. The van der Waals surface area contributed by atoms with Crippen LogP contribution >= 0.6 is 46.1 Å². The van der Waals surface area contributed by atoms with Gasteiger partial charge in [-0.2, -0.15) is 0 Å². The Bertz CT molecular complexity index is 1330. The third kappa shape index (κ3) is 2.97. The third-order valence-electron chi connectivity index (χ3n) is 3.84. The predicted octanol–water partition coefficient (Wildman–Crippen LogP) is 5.38. The van der Waals surface area contributed by atoms with Crippen LogP contribution in [0.1, 0.15) is 0 Å². The minimum absolute atomic E-state index is 0.0394. The van der Waals surface area contributed by atoms with Crippen LogP contribution in [0.2, 0.25) is 15.1 Å². The van der Waals surface area contributed by atoms with Gasteiger partial charge in [-0.05, 0) is 42.5 Å². The second kappa shape index (κ2) is 6.59. The molecule has 130 valence electrons. The summed E-state index contributed by atoms with van der Waals surface area (Å²) in [6.07, 6.45) is 0. The van der Waals surface area contributed by atoms with Crippen LogP contribution in [0, 0.1) is 9.88 Å². The third-order valence-corrected chi connectivity index (χ3v) is 5.83. The summed E-state index contributed by atoms with van der Waals surface area (Å²) in [5.41, 5.74) is 0.550. The van der Waals surface area contributed by atoms with Crippen molar-refractivity contribution in [2.75, 3.05) is 5.32 Å². The Morgan fingerprint density at radius 3 is 2.31 bits per heavy atom. The number of nitrogens with one attached hydrogen (secondary N) is 2. The quantitative estimate of drug-likeness (QED) is 0.455. The normalized spacial score (nSPS) is 11.2. The van der Waals surface area contributed by atoms with Crippen LogP contribution in [0.3, 0.4) is 0 Å². The van der Waals surface area contributed by atoms with Gasteiger partial charge in [0.15, 0.2) is 0 Å². The highest BCUT2D eigenvalue weighted by Crippen LogP contribution is 2.25. The van der Waals surface area contributed by atoms with Crippen molar-refractivity contribution in [3.05, 3.63) is 87.9 Å². The van der Waals surface area contributed by atoms with E-state index in [2.05, 4.69) is 10.3 Å². The number of rotatable bonds is 2. The first kappa shape index (κ1) is 17.4. The number of halogens is 3.